The first-order chi connectivity index (χ1) is 11.7. The average Bonchev–Trinajstić information content (AvgIpc) is 2.60. The van der Waals surface area contributed by atoms with Crippen LogP contribution in [-0.2, 0) is 6.42 Å². The summed E-state index contributed by atoms with van der Waals surface area (Å²) in [5.74, 6) is 1.55. The van der Waals surface area contributed by atoms with Crippen molar-refractivity contribution in [3.05, 3.63) is 70.0 Å². The van der Waals surface area contributed by atoms with Crippen molar-refractivity contribution in [2.75, 3.05) is 13.2 Å². The predicted molar refractivity (Wildman–Crippen MR) is 96.1 cm³/mol. The van der Waals surface area contributed by atoms with Crippen molar-refractivity contribution in [1.29, 1.82) is 0 Å². The van der Waals surface area contributed by atoms with Gasteiger partial charge in [0.05, 0.1) is 5.52 Å². The average molecular weight is 323 g/mol. The van der Waals surface area contributed by atoms with Gasteiger partial charge in [0, 0.05) is 22.7 Å². The van der Waals surface area contributed by atoms with E-state index in [0.717, 1.165) is 34.7 Å². The Morgan fingerprint density at radius 1 is 0.958 bits per heavy atom. The van der Waals surface area contributed by atoms with Crippen molar-refractivity contribution in [2.45, 2.75) is 20.3 Å². The van der Waals surface area contributed by atoms with Crippen molar-refractivity contribution in [2.24, 2.45) is 0 Å². The zero-order chi connectivity index (χ0) is 16.9. The lowest BCUT2D eigenvalue weighted by Crippen LogP contribution is -2.13. The molecule has 0 aliphatic heterocycles. The fourth-order valence-electron chi connectivity index (χ4n) is 2.79. The molecule has 0 aliphatic rings. The van der Waals surface area contributed by atoms with Gasteiger partial charge in [-0.1, -0.05) is 25.1 Å². The number of aromatic nitrogens is 1. The van der Waals surface area contributed by atoms with E-state index in [-0.39, 0.29) is 5.43 Å². The summed E-state index contributed by atoms with van der Waals surface area (Å²) in [5.41, 5.74) is 2.66. The van der Waals surface area contributed by atoms with Crippen LogP contribution in [0, 0.1) is 6.92 Å². The number of ether oxygens (including phenoxy) is 2. The molecule has 0 amide bonds. The fraction of sp³-hybridized carbons (Fsp3) is 0.250. The monoisotopic (exact) mass is 323 g/mol. The second-order valence-electron chi connectivity index (χ2n) is 5.63. The number of aromatic amines is 1. The van der Waals surface area contributed by atoms with Crippen LogP contribution in [0.1, 0.15) is 18.2 Å². The van der Waals surface area contributed by atoms with Gasteiger partial charge in [0.15, 0.2) is 5.43 Å². The standard InChI is InChI=1S/C20H21NO3/c1-3-17-14(2)21-19-13-16(9-10-18(19)20(17)22)24-12-11-23-15-7-5-4-6-8-15/h4-10,13H,3,11-12H2,1-2H3,(H,21,22). The predicted octanol–water partition coefficient (Wildman–Crippen LogP) is 3.86. The number of benzene rings is 2. The third kappa shape index (κ3) is 3.43. The van der Waals surface area contributed by atoms with Crippen LogP contribution in [0.25, 0.3) is 10.9 Å². The number of rotatable bonds is 6. The summed E-state index contributed by atoms with van der Waals surface area (Å²) in [5, 5.41) is 0.699. The Bertz CT molecular complexity index is 885. The van der Waals surface area contributed by atoms with E-state index in [2.05, 4.69) is 4.98 Å². The lowest BCUT2D eigenvalue weighted by molar-refractivity contribution is 0.217. The molecule has 0 saturated heterocycles. The Kier molecular flexibility index (Phi) is 4.85. The minimum atomic E-state index is 0.0997. The molecule has 24 heavy (non-hydrogen) atoms. The fourth-order valence-corrected chi connectivity index (χ4v) is 2.79. The number of para-hydroxylation sites is 1. The maximum absolute atomic E-state index is 12.4. The minimum absolute atomic E-state index is 0.0997. The zero-order valence-electron chi connectivity index (χ0n) is 14.0. The number of hydrogen-bond acceptors (Lipinski definition) is 3. The summed E-state index contributed by atoms with van der Waals surface area (Å²) in [7, 11) is 0. The first-order valence-electron chi connectivity index (χ1n) is 8.15. The van der Waals surface area contributed by atoms with Crippen molar-refractivity contribution >= 4 is 10.9 Å². The van der Waals surface area contributed by atoms with Crippen molar-refractivity contribution in [3.8, 4) is 11.5 Å². The van der Waals surface area contributed by atoms with Gasteiger partial charge in [0.25, 0.3) is 0 Å². The highest BCUT2D eigenvalue weighted by molar-refractivity contribution is 5.80. The summed E-state index contributed by atoms with van der Waals surface area (Å²) >= 11 is 0. The smallest absolute Gasteiger partial charge is 0.192 e. The van der Waals surface area contributed by atoms with Crippen LogP contribution in [0.5, 0.6) is 11.5 Å². The molecule has 4 nitrogen and oxygen atoms in total. The van der Waals surface area contributed by atoms with Gasteiger partial charge < -0.3 is 14.5 Å². The third-order valence-corrected chi connectivity index (χ3v) is 4.00. The van der Waals surface area contributed by atoms with Gasteiger partial charge in [-0.3, -0.25) is 4.79 Å². The molecule has 1 aromatic heterocycles. The number of H-pyrrole nitrogens is 1. The molecule has 0 saturated carbocycles. The molecule has 1 heterocycles. The quantitative estimate of drug-likeness (QED) is 0.701. The Morgan fingerprint density at radius 3 is 2.38 bits per heavy atom. The molecule has 0 unspecified atom stereocenters. The molecule has 2 aromatic carbocycles. The van der Waals surface area contributed by atoms with Gasteiger partial charge in [-0.15, -0.1) is 0 Å². The molecule has 3 aromatic rings. The molecule has 0 aliphatic carbocycles. The normalized spacial score (nSPS) is 10.8. The lowest BCUT2D eigenvalue weighted by Gasteiger charge is -2.10. The van der Waals surface area contributed by atoms with E-state index >= 15 is 0 Å². The highest BCUT2D eigenvalue weighted by atomic mass is 16.5. The summed E-state index contributed by atoms with van der Waals surface area (Å²) in [6.07, 6.45) is 0.728. The van der Waals surface area contributed by atoms with Crippen LogP contribution in [0.3, 0.4) is 0 Å². The number of hydrogen-bond donors (Lipinski definition) is 1. The highest BCUT2D eigenvalue weighted by Gasteiger charge is 2.08. The molecule has 3 rings (SSSR count). The van der Waals surface area contributed by atoms with E-state index in [1.165, 1.54) is 0 Å². The minimum Gasteiger partial charge on any atom is -0.490 e. The number of fused-ring (bicyclic) bond motifs is 1. The van der Waals surface area contributed by atoms with E-state index in [1.54, 1.807) is 0 Å². The Balaban J connectivity index is 1.69. The first kappa shape index (κ1) is 16.1. The Labute approximate surface area is 141 Å². The molecule has 0 atom stereocenters. The Hall–Kier alpha value is -2.75. The van der Waals surface area contributed by atoms with Crippen molar-refractivity contribution in [3.63, 3.8) is 0 Å². The van der Waals surface area contributed by atoms with Gasteiger partial charge in [0.2, 0.25) is 0 Å². The van der Waals surface area contributed by atoms with E-state index < -0.39 is 0 Å². The third-order valence-electron chi connectivity index (χ3n) is 4.00. The van der Waals surface area contributed by atoms with Crippen molar-refractivity contribution < 1.29 is 9.47 Å². The number of nitrogens with one attached hydrogen (secondary N) is 1. The molecular weight excluding hydrogens is 302 g/mol. The van der Waals surface area contributed by atoms with E-state index in [0.29, 0.717) is 18.6 Å². The topological polar surface area (TPSA) is 51.3 Å². The van der Waals surface area contributed by atoms with Gasteiger partial charge in [0.1, 0.15) is 24.7 Å². The highest BCUT2D eigenvalue weighted by Crippen LogP contribution is 2.19. The maximum atomic E-state index is 12.4. The lowest BCUT2D eigenvalue weighted by atomic mass is 10.1. The first-order valence-corrected chi connectivity index (χ1v) is 8.15. The summed E-state index contributed by atoms with van der Waals surface area (Å²) in [4.78, 5) is 15.7. The SMILES string of the molecule is CCc1c(C)[nH]c2cc(OCCOc3ccccc3)ccc2c1=O. The van der Waals surface area contributed by atoms with Crippen LogP contribution >= 0.6 is 0 Å². The Morgan fingerprint density at radius 2 is 1.67 bits per heavy atom. The molecular formula is C20H21NO3. The van der Waals surface area contributed by atoms with Gasteiger partial charge in [-0.25, -0.2) is 0 Å². The van der Waals surface area contributed by atoms with Crippen LogP contribution in [0.2, 0.25) is 0 Å². The number of aryl methyl sites for hydroxylation is 1. The molecule has 124 valence electrons. The molecule has 0 spiro atoms. The molecule has 1 N–H and O–H groups in total. The maximum Gasteiger partial charge on any atom is 0.192 e. The van der Waals surface area contributed by atoms with Crippen LogP contribution in [0.4, 0.5) is 0 Å². The van der Waals surface area contributed by atoms with Crippen molar-refractivity contribution in [1.82, 2.24) is 4.98 Å². The largest absolute Gasteiger partial charge is 0.490 e. The van der Waals surface area contributed by atoms with E-state index in [1.807, 2.05) is 62.4 Å². The van der Waals surface area contributed by atoms with E-state index in [9.17, 15) is 4.79 Å². The second-order valence-corrected chi connectivity index (χ2v) is 5.63. The second kappa shape index (κ2) is 7.21. The van der Waals surface area contributed by atoms with Crippen LogP contribution in [-0.4, -0.2) is 18.2 Å². The molecule has 4 heteroatoms. The van der Waals surface area contributed by atoms with Crippen LogP contribution < -0.4 is 14.9 Å². The van der Waals surface area contributed by atoms with Gasteiger partial charge >= 0.3 is 0 Å². The van der Waals surface area contributed by atoms with E-state index in [4.69, 9.17) is 9.47 Å². The van der Waals surface area contributed by atoms with Crippen LogP contribution in [0.15, 0.2) is 53.3 Å². The number of pyridine rings is 1. The molecule has 0 radical (unpaired) electrons. The summed E-state index contributed by atoms with van der Waals surface area (Å²) < 4.78 is 11.3. The van der Waals surface area contributed by atoms with Gasteiger partial charge in [-0.2, -0.15) is 0 Å². The van der Waals surface area contributed by atoms with Gasteiger partial charge in [-0.05, 0) is 37.6 Å². The summed E-state index contributed by atoms with van der Waals surface area (Å²) in [6.45, 7) is 4.83. The molecule has 0 fully saturated rings. The molecule has 0 bridgehead atoms. The summed E-state index contributed by atoms with van der Waals surface area (Å²) in [6, 6.07) is 15.2. The zero-order valence-corrected chi connectivity index (χ0v) is 14.0.